The molecule has 1 heterocycles. The van der Waals surface area contributed by atoms with Gasteiger partial charge < -0.3 is 5.32 Å². The van der Waals surface area contributed by atoms with Gasteiger partial charge in [-0.1, -0.05) is 39.1 Å². The zero-order valence-corrected chi connectivity index (χ0v) is 13.2. The van der Waals surface area contributed by atoms with Crippen molar-refractivity contribution in [2.24, 2.45) is 0 Å². The van der Waals surface area contributed by atoms with Gasteiger partial charge in [0.25, 0.3) is 5.91 Å². The van der Waals surface area contributed by atoms with E-state index in [0.29, 0.717) is 20.6 Å². The Bertz CT molecular complexity index is 612. The summed E-state index contributed by atoms with van der Waals surface area (Å²) in [6.45, 7) is 1.86. The van der Waals surface area contributed by atoms with E-state index >= 15 is 0 Å². The summed E-state index contributed by atoms with van der Waals surface area (Å²) >= 11 is 16.7. The molecule has 1 amide bonds. The van der Waals surface area contributed by atoms with Crippen LogP contribution in [0.25, 0.3) is 0 Å². The van der Waals surface area contributed by atoms with Crippen molar-refractivity contribution in [1.29, 1.82) is 0 Å². The van der Waals surface area contributed by atoms with Crippen LogP contribution in [-0.2, 0) is 0 Å². The number of anilines is 1. The normalized spacial score (nSPS) is 10.4. The van der Waals surface area contributed by atoms with Crippen molar-refractivity contribution in [3.8, 4) is 0 Å². The van der Waals surface area contributed by atoms with Crippen LogP contribution in [0.1, 0.15) is 15.2 Å². The van der Waals surface area contributed by atoms with E-state index in [1.807, 2.05) is 12.3 Å². The van der Waals surface area contributed by atoms with Crippen molar-refractivity contribution < 1.29 is 4.79 Å². The molecule has 1 aromatic heterocycles. The zero-order valence-electron chi connectivity index (χ0n) is 9.26. The predicted octanol–water partition coefficient (Wildman–Crippen LogP) is 5.38. The Kier molecular flexibility index (Phi) is 4.33. The molecule has 0 spiro atoms. The van der Waals surface area contributed by atoms with Crippen LogP contribution < -0.4 is 5.32 Å². The minimum Gasteiger partial charge on any atom is -0.320 e. The van der Waals surface area contributed by atoms with E-state index in [1.165, 1.54) is 11.3 Å². The Morgan fingerprint density at radius 1 is 1.39 bits per heavy atom. The monoisotopic (exact) mass is 363 g/mol. The van der Waals surface area contributed by atoms with E-state index in [-0.39, 0.29) is 5.91 Å². The van der Waals surface area contributed by atoms with E-state index in [1.54, 1.807) is 18.2 Å². The van der Waals surface area contributed by atoms with Gasteiger partial charge in [0.2, 0.25) is 0 Å². The molecule has 0 bridgehead atoms. The highest BCUT2D eigenvalue weighted by molar-refractivity contribution is 9.10. The number of hydrogen-bond donors (Lipinski definition) is 1. The molecule has 1 aromatic carbocycles. The fraction of sp³-hybridized carbons (Fsp3) is 0.0833. The van der Waals surface area contributed by atoms with Crippen LogP contribution in [0.4, 0.5) is 5.69 Å². The summed E-state index contributed by atoms with van der Waals surface area (Å²) in [4.78, 5) is 12.5. The summed E-state index contributed by atoms with van der Waals surface area (Å²) in [5, 5.41) is 5.57. The van der Waals surface area contributed by atoms with Crippen molar-refractivity contribution in [3.63, 3.8) is 0 Å². The SMILES string of the molecule is Cc1csc(C(=O)Nc2cc(Br)ccc2Cl)c1Cl. The highest BCUT2D eigenvalue weighted by Crippen LogP contribution is 2.30. The first kappa shape index (κ1) is 13.9. The molecule has 18 heavy (non-hydrogen) atoms. The molecule has 0 atom stereocenters. The van der Waals surface area contributed by atoms with Crippen LogP contribution in [0.3, 0.4) is 0 Å². The molecule has 0 saturated heterocycles. The second-order valence-electron chi connectivity index (χ2n) is 3.64. The lowest BCUT2D eigenvalue weighted by Gasteiger charge is -2.07. The van der Waals surface area contributed by atoms with Crippen LogP contribution in [0.5, 0.6) is 0 Å². The molecule has 2 aromatic rings. The average molecular weight is 365 g/mol. The third kappa shape index (κ3) is 2.88. The number of carbonyl (C=O) groups excluding carboxylic acids is 1. The van der Waals surface area contributed by atoms with Crippen molar-refractivity contribution in [2.45, 2.75) is 6.92 Å². The zero-order chi connectivity index (χ0) is 13.3. The summed E-state index contributed by atoms with van der Waals surface area (Å²) in [5.41, 5.74) is 1.45. The molecule has 0 radical (unpaired) electrons. The van der Waals surface area contributed by atoms with Crippen LogP contribution in [0, 0.1) is 6.92 Å². The fourth-order valence-corrected chi connectivity index (χ4v) is 3.06. The molecule has 0 aliphatic rings. The predicted molar refractivity (Wildman–Crippen MR) is 81.2 cm³/mol. The number of rotatable bonds is 2. The smallest absolute Gasteiger partial charge is 0.267 e. The topological polar surface area (TPSA) is 29.1 Å². The summed E-state index contributed by atoms with van der Waals surface area (Å²) in [5.74, 6) is -0.252. The number of amides is 1. The van der Waals surface area contributed by atoms with Crippen LogP contribution in [0.2, 0.25) is 10.0 Å². The minimum absolute atomic E-state index is 0.252. The third-order valence-corrected chi connectivity index (χ3v) is 4.80. The first-order valence-electron chi connectivity index (χ1n) is 4.99. The molecular weight excluding hydrogens is 357 g/mol. The summed E-state index contributed by atoms with van der Waals surface area (Å²) in [6.07, 6.45) is 0. The van der Waals surface area contributed by atoms with Crippen LogP contribution in [-0.4, -0.2) is 5.91 Å². The van der Waals surface area contributed by atoms with Gasteiger partial charge in [0.15, 0.2) is 0 Å². The average Bonchev–Trinajstić information content (AvgIpc) is 2.65. The standard InChI is InChI=1S/C12H8BrCl2NOS/c1-6-5-18-11(10(6)15)12(17)16-9-4-7(13)2-3-8(9)14/h2-5H,1H3,(H,16,17). The molecule has 2 rings (SSSR count). The lowest BCUT2D eigenvalue weighted by Crippen LogP contribution is -2.11. The van der Waals surface area contributed by atoms with Crippen molar-refractivity contribution >= 4 is 62.1 Å². The molecule has 2 nitrogen and oxygen atoms in total. The number of carbonyl (C=O) groups is 1. The number of benzene rings is 1. The Balaban J connectivity index is 2.27. The molecule has 0 saturated carbocycles. The third-order valence-electron chi connectivity index (χ3n) is 2.28. The molecule has 1 N–H and O–H groups in total. The van der Waals surface area contributed by atoms with E-state index in [9.17, 15) is 4.79 Å². The van der Waals surface area contributed by atoms with Gasteiger partial charge in [-0.05, 0) is 36.1 Å². The summed E-state index contributed by atoms with van der Waals surface area (Å²) < 4.78 is 0.843. The molecule has 0 unspecified atom stereocenters. The number of nitrogens with one attached hydrogen (secondary N) is 1. The molecule has 0 aliphatic heterocycles. The van der Waals surface area contributed by atoms with Crippen molar-refractivity contribution in [3.05, 3.63) is 48.5 Å². The minimum atomic E-state index is -0.252. The largest absolute Gasteiger partial charge is 0.320 e. The number of halogens is 3. The second kappa shape index (κ2) is 5.61. The molecule has 6 heteroatoms. The maximum Gasteiger partial charge on any atom is 0.267 e. The first-order chi connectivity index (χ1) is 8.49. The van der Waals surface area contributed by atoms with E-state index in [4.69, 9.17) is 23.2 Å². The maximum absolute atomic E-state index is 12.1. The van der Waals surface area contributed by atoms with Crippen molar-refractivity contribution in [2.75, 3.05) is 5.32 Å². The lowest BCUT2D eigenvalue weighted by molar-refractivity contribution is 0.103. The van der Waals surface area contributed by atoms with Gasteiger partial charge >= 0.3 is 0 Å². The van der Waals surface area contributed by atoms with Crippen LogP contribution >= 0.6 is 50.5 Å². The van der Waals surface area contributed by atoms with Gasteiger partial charge in [0.05, 0.1) is 15.7 Å². The quantitative estimate of drug-likeness (QED) is 0.761. The number of aryl methyl sites for hydroxylation is 1. The molecule has 94 valence electrons. The Hall–Kier alpha value is -0.550. The second-order valence-corrected chi connectivity index (χ2v) is 6.22. The summed E-state index contributed by atoms with van der Waals surface area (Å²) in [6, 6.07) is 5.26. The van der Waals surface area contributed by atoms with Gasteiger partial charge in [-0.2, -0.15) is 0 Å². The fourth-order valence-electron chi connectivity index (χ4n) is 1.36. The first-order valence-corrected chi connectivity index (χ1v) is 7.42. The maximum atomic E-state index is 12.1. The van der Waals surface area contributed by atoms with Crippen LogP contribution in [0.15, 0.2) is 28.1 Å². The summed E-state index contributed by atoms with van der Waals surface area (Å²) in [7, 11) is 0. The number of hydrogen-bond acceptors (Lipinski definition) is 2. The van der Waals surface area contributed by atoms with Gasteiger partial charge in [-0.25, -0.2) is 0 Å². The van der Waals surface area contributed by atoms with E-state index < -0.39 is 0 Å². The van der Waals surface area contributed by atoms with Gasteiger partial charge in [-0.15, -0.1) is 11.3 Å². The Morgan fingerprint density at radius 3 is 2.72 bits per heavy atom. The highest BCUT2D eigenvalue weighted by Gasteiger charge is 2.15. The van der Waals surface area contributed by atoms with Gasteiger partial charge in [0, 0.05) is 4.47 Å². The van der Waals surface area contributed by atoms with E-state index in [0.717, 1.165) is 10.0 Å². The molecule has 0 aliphatic carbocycles. The van der Waals surface area contributed by atoms with Gasteiger partial charge in [0.1, 0.15) is 4.88 Å². The van der Waals surface area contributed by atoms with E-state index in [2.05, 4.69) is 21.2 Å². The molecular formula is C12H8BrCl2NOS. The number of thiophene rings is 1. The lowest BCUT2D eigenvalue weighted by atomic mass is 10.3. The molecule has 0 fully saturated rings. The Morgan fingerprint density at radius 2 is 2.11 bits per heavy atom. The highest BCUT2D eigenvalue weighted by atomic mass is 79.9. The Labute approximate surface area is 127 Å². The van der Waals surface area contributed by atoms with Crippen molar-refractivity contribution in [1.82, 2.24) is 0 Å². The van der Waals surface area contributed by atoms with Gasteiger partial charge in [-0.3, -0.25) is 4.79 Å².